The van der Waals surface area contributed by atoms with Gasteiger partial charge >= 0.3 is 6.01 Å². The summed E-state index contributed by atoms with van der Waals surface area (Å²) in [5.41, 5.74) is 0.890. The van der Waals surface area contributed by atoms with E-state index in [1.165, 1.54) is 7.11 Å². The van der Waals surface area contributed by atoms with Gasteiger partial charge < -0.3 is 14.8 Å². The number of hydrogen-bond acceptors (Lipinski definition) is 7. The van der Waals surface area contributed by atoms with Crippen LogP contribution in [0.25, 0.3) is 0 Å². The zero-order valence-corrected chi connectivity index (χ0v) is 12.8. The molecule has 1 N–H and O–H groups in total. The zero-order valence-electron chi connectivity index (χ0n) is 12.0. The van der Waals surface area contributed by atoms with Crippen molar-refractivity contribution in [3.05, 3.63) is 29.2 Å². The molecule has 0 saturated carbocycles. The number of hydrogen-bond donors (Lipinski definition) is 1. The third-order valence-electron chi connectivity index (χ3n) is 2.40. The van der Waals surface area contributed by atoms with Gasteiger partial charge in [0.2, 0.25) is 17.1 Å². The Morgan fingerprint density at radius 2 is 2.10 bits per heavy atom. The number of methoxy groups -OCH3 is 1. The molecular formula is C13H16ClN5O2. The van der Waals surface area contributed by atoms with Crippen LogP contribution in [0.4, 0.5) is 5.95 Å². The number of pyridine rings is 1. The molecule has 0 unspecified atom stereocenters. The molecule has 112 valence electrons. The van der Waals surface area contributed by atoms with Crippen molar-refractivity contribution in [2.45, 2.75) is 26.5 Å². The molecule has 0 aromatic carbocycles. The zero-order chi connectivity index (χ0) is 15.2. The molecule has 0 atom stereocenters. The lowest BCUT2D eigenvalue weighted by atomic mass is 10.2. The Kier molecular flexibility index (Phi) is 5.10. The SMILES string of the molecule is COc1nc(Cl)nc(NCc2cccnc2OC(C)C)n1. The van der Waals surface area contributed by atoms with Crippen molar-refractivity contribution >= 4 is 17.5 Å². The monoisotopic (exact) mass is 309 g/mol. The van der Waals surface area contributed by atoms with Crippen molar-refractivity contribution in [1.29, 1.82) is 0 Å². The smallest absolute Gasteiger partial charge is 0.322 e. The van der Waals surface area contributed by atoms with Gasteiger partial charge in [-0.15, -0.1) is 0 Å². The first-order chi connectivity index (χ1) is 10.1. The standard InChI is InChI=1S/C13H16ClN5O2/c1-8(2)21-10-9(5-4-6-15-10)7-16-12-17-11(14)18-13(19-12)20-3/h4-6,8H,7H2,1-3H3,(H,16,17,18,19). The van der Waals surface area contributed by atoms with Gasteiger partial charge in [0.25, 0.3) is 0 Å². The van der Waals surface area contributed by atoms with Crippen molar-refractivity contribution in [2.24, 2.45) is 0 Å². The number of nitrogens with zero attached hydrogens (tertiary/aromatic N) is 4. The van der Waals surface area contributed by atoms with Crippen LogP contribution in [0.15, 0.2) is 18.3 Å². The van der Waals surface area contributed by atoms with Crippen LogP contribution >= 0.6 is 11.6 Å². The van der Waals surface area contributed by atoms with Crippen molar-refractivity contribution in [3.63, 3.8) is 0 Å². The molecular weight excluding hydrogens is 294 g/mol. The van der Waals surface area contributed by atoms with Crippen LogP contribution < -0.4 is 14.8 Å². The van der Waals surface area contributed by atoms with Gasteiger partial charge in [-0.1, -0.05) is 6.07 Å². The molecule has 21 heavy (non-hydrogen) atoms. The summed E-state index contributed by atoms with van der Waals surface area (Å²) in [5.74, 6) is 0.901. The Bertz CT molecular complexity index is 609. The summed E-state index contributed by atoms with van der Waals surface area (Å²) in [5, 5.41) is 3.11. The highest BCUT2D eigenvalue weighted by molar-refractivity contribution is 6.28. The molecule has 2 aromatic rings. The molecule has 0 radical (unpaired) electrons. The second-order valence-electron chi connectivity index (χ2n) is 4.40. The average Bonchev–Trinajstić information content (AvgIpc) is 2.45. The van der Waals surface area contributed by atoms with Crippen molar-refractivity contribution < 1.29 is 9.47 Å². The summed E-state index contributed by atoms with van der Waals surface area (Å²) in [6.45, 7) is 4.34. The number of aromatic nitrogens is 4. The summed E-state index contributed by atoms with van der Waals surface area (Å²) in [7, 11) is 1.46. The van der Waals surface area contributed by atoms with Crippen LogP contribution in [0.5, 0.6) is 11.9 Å². The second kappa shape index (κ2) is 7.03. The molecule has 2 rings (SSSR count). The highest BCUT2D eigenvalue weighted by Gasteiger charge is 2.09. The molecule has 7 nitrogen and oxygen atoms in total. The summed E-state index contributed by atoms with van der Waals surface area (Å²) in [6.07, 6.45) is 1.73. The molecule has 0 spiro atoms. The Morgan fingerprint density at radius 3 is 2.81 bits per heavy atom. The van der Waals surface area contributed by atoms with Gasteiger partial charge in [0.05, 0.1) is 13.2 Å². The molecule has 0 aliphatic rings. The lowest BCUT2D eigenvalue weighted by molar-refractivity contribution is 0.230. The van der Waals surface area contributed by atoms with Crippen LogP contribution in [0, 0.1) is 0 Å². The number of rotatable bonds is 6. The summed E-state index contributed by atoms with van der Waals surface area (Å²) in [6, 6.07) is 3.91. The Hall–Kier alpha value is -2.15. The first-order valence-corrected chi connectivity index (χ1v) is 6.76. The fraction of sp³-hybridized carbons (Fsp3) is 0.385. The van der Waals surface area contributed by atoms with Gasteiger partial charge in [-0.05, 0) is 31.5 Å². The maximum absolute atomic E-state index is 5.79. The second-order valence-corrected chi connectivity index (χ2v) is 4.74. The van der Waals surface area contributed by atoms with Crippen LogP contribution in [0.3, 0.4) is 0 Å². The Morgan fingerprint density at radius 1 is 1.29 bits per heavy atom. The number of ether oxygens (including phenoxy) is 2. The largest absolute Gasteiger partial charge is 0.475 e. The average molecular weight is 310 g/mol. The van der Waals surface area contributed by atoms with Gasteiger partial charge in [0, 0.05) is 18.3 Å². The van der Waals surface area contributed by atoms with E-state index in [1.54, 1.807) is 6.20 Å². The molecule has 0 aliphatic carbocycles. The van der Waals surface area contributed by atoms with Crippen molar-refractivity contribution in [3.8, 4) is 11.9 Å². The number of anilines is 1. The molecule has 2 heterocycles. The van der Waals surface area contributed by atoms with E-state index < -0.39 is 0 Å². The molecule has 0 bridgehead atoms. The quantitative estimate of drug-likeness (QED) is 0.876. The molecule has 0 saturated heterocycles. The maximum Gasteiger partial charge on any atom is 0.322 e. The van der Waals surface area contributed by atoms with Gasteiger partial charge in [-0.25, -0.2) is 4.98 Å². The minimum absolute atomic E-state index is 0.0466. The first kappa shape index (κ1) is 15.2. The lowest BCUT2D eigenvalue weighted by Gasteiger charge is -2.13. The lowest BCUT2D eigenvalue weighted by Crippen LogP contribution is -2.11. The fourth-order valence-corrected chi connectivity index (χ4v) is 1.72. The third kappa shape index (κ3) is 4.42. The predicted octanol–water partition coefficient (Wildman–Crippen LogP) is 2.33. The molecule has 8 heteroatoms. The third-order valence-corrected chi connectivity index (χ3v) is 2.57. The summed E-state index contributed by atoms with van der Waals surface area (Å²) < 4.78 is 10.6. The van der Waals surface area contributed by atoms with E-state index in [0.29, 0.717) is 18.4 Å². The Balaban J connectivity index is 2.11. The van der Waals surface area contributed by atoms with E-state index in [4.69, 9.17) is 21.1 Å². The molecule has 2 aromatic heterocycles. The number of nitrogens with one attached hydrogen (secondary N) is 1. The van der Waals surface area contributed by atoms with Crippen molar-refractivity contribution in [2.75, 3.05) is 12.4 Å². The van der Waals surface area contributed by atoms with Crippen molar-refractivity contribution in [1.82, 2.24) is 19.9 Å². The van der Waals surface area contributed by atoms with Crippen LogP contribution in [-0.4, -0.2) is 33.1 Å². The van der Waals surface area contributed by atoms with E-state index in [1.807, 2.05) is 26.0 Å². The minimum Gasteiger partial charge on any atom is -0.475 e. The maximum atomic E-state index is 5.79. The van der Waals surface area contributed by atoms with Gasteiger partial charge in [-0.2, -0.15) is 15.0 Å². The van der Waals surface area contributed by atoms with Crippen LogP contribution in [-0.2, 0) is 6.54 Å². The molecule has 0 fully saturated rings. The molecule has 0 aliphatic heterocycles. The van der Waals surface area contributed by atoms with E-state index >= 15 is 0 Å². The first-order valence-electron chi connectivity index (χ1n) is 6.38. The van der Waals surface area contributed by atoms with Gasteiger partial charge in [0.1, 0.15) is 0 Å². The summed E-state index contributed by atoms with van der Waals surface area (Å²) >= 11 is 5.79. The topological polar surface area (TPSA) is 82.1 Å². The minimum atomic E-state index is 0.0466. The van der Waals surface area contributed by atoms with Crippen LogP contribution in [0.1, 0.15) is 19.4 Å². The highest BCUT2D eigenvalue weighted by Crippen LogP contribution is 2.18. The normalized spacial score (nSPS) is 10.5. The van der Waals surface area contributed by atoms with E-state index in [-0.39, 0.29) is 17.4 Å². The van der Waals surface area contributed by atoms with Gasteiger partial charge in [0.15, 0.2) is 0 Å². The van der Waals surface area contributed by atoms with E-state index in [0.717, 1.165) is 5.56 Å². The van der Waals surface area contributed by atoms with E-state index in [9.17, 15) is 0 Å². The van der Waals surface area contributed by atoms with Gasteiger partial charge in [-0.3, -0.25) is 0 Å². The fourth-order valence-electron chi connectivity index (χ4n) is 1.56. The van der Waals surface area contributed by atoms with Crippen LogP contribution in [0.2, 0.25) is 5.28 Å². The number of halogens is 1. The Labute approximate surface area is 127 Å². The predicted molar refractivity (Wildman–Crippen MR) is 78.7 cm³/mol. The molecule has 0 amide bonds. The van der Waals surface area contributed by atoms with E-state index in [2.05, 4.69) is 25.3 Å². The summed E-state index contributed by atoms with van der Waals surface area (Å²) in [4.78, 5) is 16.1. The highest BCUT2D eigenvalue weighted by atomic mass is 35.5.